The van der Waals surface area contributed by atoms with Crippen molar-refractivity contribution in [1.82, 2.24) is 4.90 Å². The van der Waals surface area contributed by atoms with E-state index >= 15 is 0 Å². The Morgan fingerprint density at radius 2 is 1.97 bits per heavy atom. The molecule has 1 atom stereocenters. The van der Waals surface area contributed by atoms with E-state index in [-0.39, 0.29) is 11.4 Å². The number of fused-ring (bicyclic) bond motifs is 5. The molecule has 7 nitrogen and oxygen atoms in total. The van der Waals surface area contributed by atoms with E-state index in [1.165, 1.54) is 18.2 Å². The molecule has 3 heterocycles. The lowest BCUT2D eigenvalue weighted by Gasteiger charge is -2.41. The lowest BCUT2D eigenvalue weighted by atomic mass is 9.71. The normalized spacial score (nSPS) is 21.0. The van der Waals surface area contributed by atoms with Gasteiger partial charge in [0.15, 0.2) is 11.5 Å². The maximum atomic E-state index is 14.2. The molecule has 0 aliphatic carbocycles. The van der Waals surface area contributed by atoms with Crippen LogP contribution >= 0.6 is 0 Å². The maximum Gasteiger partial charge on any atom is 0.244 e. The van der Waals surface area contributed by atoms with Crippen molar-refractivity contribution < 1.29 is 18.7 Å². The molecular weight excluding hydrogens is 399 g/mol. The van der Waals surface area contributed by atoms with Gasteiger partial charge in [-0.25, -0.2) is 4.39 Å². The minimum atomic E-state index is -1.51. The lowest BCUT2D eigenvalue weighted by Crippen LogP contribution is -2.45. The number of amides is 1. The summed E-state index contributed by atoms with van der Waals surface area (Å²) in [5.41, 5.74) is 8.35. The number of nitrogens with two attached hydrogens (primary N) is 1. The molecule has 0 unspecified atom stereocenters. The molecule has 1 amide bonds. The first-order chi connectivity index (χ1) is 14.9. The monoisotopic (exact) mass is 418 g/mol. The van der Waals surface area contributed by atoms with Gasteiger partial charge in [-0.05, 0) is 48.4 Å². The molecule has 3 aliphatic rings. The highest BCUT2D eigenvalue weighted by Crippen LogP contribution is 2.51. The molecule has 0 bridgehead atoms. The van der Waals surface area contributed by atoms with E-state index in [4.69, 9.17) is 15.2 Å². The van der Waals surface area contributed by atoms with Crippen LogP contribution < -0.4 is 20.5 Å². The van der Waals surface area contributed by atoms with Crippen LogP contribution in [0.3, 0.4) is 0 Å². The number of ether oxygens (including phenoxy) is 2. The van der Waals surface area contributed by atoms with Crippen molar-refractivity contribution in [3.05, 3.63) is 70.3 Å². The fourth-order valence-corrected chi connectivity index (χ4v) is 4.72. The second-order valence-corrected chi connectivity index (χ2v) is 7.62. The second-order valence-electron chi connectivity index (χ2n) is 7.62. The predicted octanol–water partition coefficient (Wildman–Crippen LogP) is 2.64. The van der Waals surface area contributed by atoms with Crippen LogP contribution in [0.5, 0.6) is 11.5 Å². The molecule has 0 radical (unpaired) electrons. The molecule has 2 aromatic carbocycles. The number of hydrogen-bond donors (Lipinski definition) is 2. The molecule has 3 N–H and O–H groups in total. The van der Waals surface area contributed by atoms with Crippen LogP contribution in [-0.4, -0.2) is 31.6 Å². The molecule has 156 valence electrons. The summed E-state index contributed by atoms with van der Waals surface area (Å²) < 4.78 is 25.1. The number of methoxy groups -OCH3 is 2. The van der Waals surface area contributed by atoms with Crippen molar-refractivity contribution in [2.24, 2.45) is 5.73 Å². The highest BCUT2D eigenvalue weighted by atomic mass is 19.1. The number of benzene rings is 2. The second kappa shape index (κ2) is 6.51. The summed E-state index contributed by atoms with van der Waals surface area (Å²) in [6.45, 7) is 0.527. The van der Waals surface area contributed by atoms with Crippen LogP contribution in [0.1, 0.15) is 16.7 Å². The first-order valence-corrected chi connectivity index (χ1v) is 9.72. The molecule has 0 aromatic heterocycles. The molecule has 5 rings (SSSR count). The van der Waals surface area contributed by atoms with Gasteiger partial charge in [-0.3, -0.25) is 4.79 Å². The predicted molar refractivity (Wildman–Crippen MR) is 111 cm³/mol. The SMILES string of the molecule is COc1cc2c(cc1OC)C1=C[C@@]3(C(=O)Nc4ccc(F)cc43)C(C#N)=C(N)N1CC2. The first-order valence-electron chi connectivity index (χ1n) is 9.72. The van der Waals surface area contributed by atoms with Crippen LogP contribution in [0.2, 0.25) is 0 Å². The van der Waals surface area contributed by atoms with E-state index < -0.39 is 17.1 Å². The van der Waals surface area contributed by atoms with Crippen LogP contribution in [0.15, 0.2) is 47.8 Å². The number of rotatable bonds is 2. The average Bonchev–Trinajstić information content (AvgIpc) is 3.04. The molecule has 1 spiro atoms. The van der Waals surface area contributed by atoms with Crippen LogP contribution in [0.4, 0.5) is 10.1 Å². The van der Waals surface area contributed by atoms with Crippen molar-refractivity contribution in [1.29, 1.82) is 5.26 Å². The third kappa shape index (κ3) is 2.40. The third-order valence-corrected chi connectivity index (χ3v) is 6.20. The van der Waals surface area contributed by atoms with Crippen molar-refractivity contribution in [3.8, 4) is 17.6 Å². The Bertz CT molecular complexity index is 1260. The first kappa shape index (κ1) is 19.0. The van der Waals surface area contributed by atoms with E-state index in [1.54, 1.807) is 20.3 Å². The highest BCUT2D eigenvalue weighted by molar-refractivity contribution is 6.12. The summed E-state index contributed by atoms with van der Waals surface area (Å²) in [5, 5.41) is 12.8. The average molecular weight is 418 g/mol. The number of halogens is 1. The maximum absolute atomic E-state index is 14.2. The minimum absolute atomic E-state index is 0.0852. The number of hydrogen-bond acceptors (Lipinski definition) is 6. The summed E-state index contributed by atoms with van der Waals surface area (Å²) in [6.07, 6.45) is 2.38. The smallest absolute Gasteiger partial charge is 0.244 e. The molecule has 3 aliphatic heterocycles. The molecule has 0 fully saturated rings. The molecule has 0 saturated carbocycles. The van der Waals surface area contributed by atoms with Gasteiger partial charge in [-0.2, -0.15) is 5.26 Å². The standard InChI is InChI=1S/C23H19FN4O3/c1-30-19-7-12-5-6-28-18(14(12)9-20(19)31-2)10-23(16(11-25)21(28)26)15-8-13(24)3-4-17(15)27-22(23)29/h3-4,7-10H,5-6,26H2,1-2H3,(H,27,29)/t23-/m0/s1. The fraction of sp³-hybridized carbons (Fsp3) is 0.217. The zero-order chi connectivity index (χ0) is 21.9. The van der Waals surface area contributed by atoms with Crippen molar-refractivity contribution in [3.63, 3.8) is 0 Å². The van der Waals surface area contributed by atoms with E-state index in [0.29, 0.717) is 41.4 Å². The summed E-state index contributed by atoms with van der Waals surface area (Å²) in [7, 11) is 3.12. The Kier molecular flexibility index (Phi) is 3.99. The highest BCUT2D eigenvalue weighted by Gasteiger charge is 2.53. The van der Waals surface area contributed by atoms with Gasteiger partial charge in [0.05, 0.1) is 19.8 Å². The molecule has 8 heteroatoms. The summed E-state index contributed by atoms with van der Waals surface area (Å²) >= 11 is 0. The number of nitrogens with one attached hydrogen (secondary N) is 1. The van der Waals surface area contributed by atoms with Crippen molar-refractivity contribution >= 4 is 17.3 Å². The van der Waals surface area contributed by atoms with Crippen molar-refractivity contribution in [2.45, 2.75) is 11.8 Å². The largest absolute Gasteiger partial charge is 0.493 e. The van der Waals surface area contributed by atoms with Gasteiger partial charge in [-0.15, -0.1) is 0 Å². The third-order valence-electron chi connectivity index (χ3n) is 6.20. The number of nitriles is 1. The Balaban J connectivity index is 1.81. The number of carbonyl (C=O) groups is 1. The van der Waals surface area contributed by atoms with Gasteiger partial charge < -0.3 is 25.4 Å². The minimum Gasteiger partial charge on any atom is -0.493 e. The van der Waals surface area contributed by atoms with Crippen LogP contribution in [-0.2, 0) is 16.6 Å². The van der Waals surface area contributed by atoms with Gasteiger partial charge >= 0.3 is 0 Å². The van der Waals surface area contributed by atoms with Crippen LogP contribution in [0.25, 0.3) is 5.70 Å². The number of anilines is 1. The van der Waals surface area contributed by atoms with Gasteiger partial charge in [0.25, 0.3) is 0 Å². The van der Waals surface area contributed by atoms with E-state index in [0.717, 1.165) is 11.1 Å². The molecule has 31 heavy (non-hydrogen) atoms. The van der Waals surface area contributed by atoms with E-state index in [2.05, 4.69) is 11.4 Å². The molecule has 2 aromatic rings. The number of nitrogens with zero attached hydrogens (tertiary/aromatic N) is 2. The van der Waals surface area contributed by atoms with Gasteiger partial charge in [0.2, 0.25) is 5.91 Å². The zero-order valence-electron chi connectivity index (χ0n) is 17.0. The zero-order valence-corrected chi connectivity index (χ0v) is 17.0. The summed E-state index contributed by atoms with van der Waals surface area (Å²) in [5.74, 6) is 0.392. The van der Waals surface area contributed by atoms with Gasteiger partial charge in [-0.1, -0.05) is 0 Å². The van der Waals surface area contributed by atoms with Gasteiger partial charge in [0, 0.05) is 29.1 Å². The molecule has 0 saturated heterocycles. The Morgan fingerprint density at radius 3 is 2.68 bits per heavy atom. The van der Waals surface area contributed by atoms with Crippen LogP contribution in [0, 0.1) is 17.1 Å². The van der Waals surface area contributed by atoms with E-state index in [1.807, 2.05) is 17.0 Å². The van der Waals surface area contributed by atoms with E-state index in [9.17, 15) is 14.4 Å². The lowest BCUT2D eigenvalue weighted by molar-refractivity contribution is -0.118. The molecular formula is C23H19FN4O3. The topological polar surface area (TPSA) is 101 Å². The number of carbonyl (C=O) groups excluding carboxylic acids is 1. The summed E-state index contributed by atoms with van der Waals surface area (Å²) in [6, 6.07) is 9.90. The Morgan fingerprint density at radius 1 is 1.23 bits per heavy atom. The fourth-order valence-electron chi connectivity index (χ4n) is 4.72. The summed E-state index contributed by atoms with van der Waals surface area (Å²) in [4.78, 5) is 15.1. The van der Waals surface area contributed by atoms with Gasteiger partial charge in [0.1, 0.15) is 23.1 Å². The Hall–Kier alpha value is -3.99. The quantitative estimate of drug-likeness (QED) is 0.778. The van der Waals surface area contributed by atoms with Crippen molar-refractivity contribution in [2.75, 3.05) is 26.1 Å². The Labute approximate surface area is 178 Å².